The van der Waals surface area contributed by atoms with Crippen molar-refractivity contribution in [2.75, 3.05) is 5.32 Å². The fraction of sp³-hybridized carbons (Fsp3) is 0.0833. The first kappa shape index (κ1) is 13.8. The number of pyridine rings is 1. The van der Waals surface area contributed by atoms with Gasteiger partial charge in [-0.05, 0) is 36.8 Å². The summed E-state index contributed by atoms with van der Waals surface area (Å²) in [5.74, 6) is 0.605. The van der Waals surface area contributed by atoms with Crippen molar-refractivity contribution < 1.29 is 8.42 Å². The Bertz CT molecular complexity index is 699. The highest BCUT2D eigenvalue weighted by molar-refractivity contribution is 7.89. The fourth-order valence-electron chi connectivity index (χ4n) is 1.49. The van der Waals surface area contributed by atoms with Gasteiger partial charge in [0.05, 0.1) is 5.02 Å². The largest absolute Gasteiger partial charge is 0.340 e. The normalized spacial score (nSPS) is 11.3. The van der Waals surface area contributed by atoms with E-state index in [4.69, 9.17) is 16.7 Å². The van der Waals surface area contributed by atoms with Crippen LogP contribution in [0.1, 0.15) is 5.56 Å². The maximum absolute atomic E-state index is 11.4. The SMILES string of the molecule is Cc1ccc(Nc2ccc(Cl)c(S(N)(=O)=O)c2)nc1. The van der Waals surface area contributed by atoms with Crippen molar-refractivity contribution in [3.63, 3.8) is 0 Å². The van der Waals surface area contributed by atoms with Crippen molar-refractivity contribution in [3.05, 3.63) is 47.1 Å². The number of sulfonamides is 1. The molecule has 1 aromatic heterocycles. The molecule has 0 aliphatic carbocycles. The van der Waals surface area contributed by atoms with E-state index in [-0.39, 0.29) is 9.92 Å². The van der Waals surface area contributed by atoms with Crippen LogP contribution in [-0.4, -0.2) is 13.4 Å². The number of benzene rings is 1. The van der Waals surface area contributed by atoms with Crippen LogP contribution in [-0.2, 0) is 10.0 Å². The summed E-state index contributed by atoms with van der Waals surface area (Å²) in [6.45, 7) is 1.93. The summed E-state index contributed by atoms with van der Waals surface area (Å²) in [5, 5.41) is 8.15. The molecule has 100 valence electrons. The van der Waals surface area contributed by atoms with Gasteiger partial charge in [-0.25, -0.2) is 18.5 Å². The van der Waals surface area contributed by atoms with Gasteiger partial charge in [0.15, 0.2) is 0 Å². The molecule has 5 nitrogen and oxygen atoms in total. The molecule has 0 radical (unpaired) electrons. The van der Waals surface area contributed by atoms with Gasteiger partial charge >= 0.3 is 0 Å². The number of primary sulfonamides is 1. The molecule has 0 saturated heterocycles. The van der Waals surface area contributed by atoms with E-state index in [2.05, 4.69) is 10.3 Å². The van der Waals surface area contributed by atoms with Gasteiger partial charge in [-0.15, -0.1) is 0 Å². The van der Waals surface area contributed by atoms with E-state index < -0.39 is 10.0 Å². The molecule has 2 aromatic rings. The first-order chi connectivity index (χ1) is 8.86. The Hall–Kier alpha value is -1.63. The number of hydrogen-bond acceptors (Lipinski definition) is 4. The highest BCUT2D eigenvalue weighted by Gasteiger charge is 2.13. The molecule has 3 N–H and O–H groups in total. The number of rotatable bonds is 3. The first-order valence-electron chi connectivity index (χ1n) is 5.38. The highest BCUT2D eigenvalue weighted by atomic mass is 35.5. The Morgan fingerprint density at radius 1 is 1.26 bits per heavy atom. The molecule has 0 atom stereocenters. The Morgan fingerprint density at radius 2 is 2.00 bits per heavy atom. The second-order valence-corrected chi connectivity index (χ2v) is 5.97. The third-order valence-corrected chi connectivity index (χ3v) is 3.81. The molecular formula is C12H12ClN3O2S. The molecule has 0 saturated carbocycles. The standard InChI is InChI=1S/C12H12ClN3O2S/c1-8-2-5-12(15-7-8)16-9-3-4-10(13)11(6-9)19(14,17)18/h2-7H,1H3,(H,15,16)(H2,14,17,18). The minimum atomic E-state index is -3.85. The molecule has 0 aliphatic heterocycles. The molecule has 7 heteroatoms. The predicted octanol–water partition coefficient (Wildman–Crippen LogP) is 2.43. The smallest absolute Gasteiger partial charge is 0.239 e. The van der Waals surface area contributed by atoms with Crippen molar-refractivity contribution in [2.24, 2.45) is 5.14 Å². The lowest BCUT2D eigenvalue weighted by molar-refractivity contribution is 0.598. The molecule has 2 rings (SSSR count). The van der Waals surface area contributed by atoms with E-state index in [9.17, 15) is 8.42 Å². The molecule has 1 aromatic carbocycles. The van der Waals surface area contributed by atoms with E-state index in [1.807, 2.05) is 13.0 Å². The quantitative estimate of drug-likeness (QED) is 0.911. The van der Waals surface area contributed by atoms with Crippen molar-refractivity contribution in [3.8, 4) is 0 Å². The Morgan fingerprint density at radius 3 is 2.58 bits per heavy atom. The van der Waals surface area contributed by atoms with Crippen molar-refractivity contribution in [1.29, 1.82) is 0 Å². The van der Waals surface area contributed by atoms with E-state index >= 15 is 0 Å². The van der Waals surface area contributed by atoms with E-state index in [1.165, 1.54) is 12.1 Å². The number of aryl methyl sites for hydroxylation is 1. The summed E-state index contributed by atoms with van der Waals surface area (Å²) in [6.07, 6.45) is 1.71. The van der Waals surface area contributed by atoms with Crippen LogP contribution in [0.2, 0.25) is 5.02 Å². The lowest BCUT2D eigenvalue weighted by Crippen LogP contribution is -2.13. The average molecular weight is 298 g/mol. The molecular weight excluding hydrogens is 286 g/mol. The van der Waals surface area contributed by atoms with Crippen LogP contribution in [0.15, 0.2) is 41.4 Å². The van der Waals surface area contributed by atoms with E-state index in [0.717, 1.165) is 5.56 Å². The minimum absolute atomic E-state index is 0.0879. The van der Waals surface area contributed by atoms with Gasteiger partial charge in [0, 0.05) is 11.9 Å². The van der Waals surface area contributed by atoms with Gasteiger partial charge in [-0.2, -0.15) is 0 Å². The fourth-order valence-corrected chi connectivity index (χ4v) is 2.56. The monoisotopic (exact) mass is 297 g/mol. The molecule has 0 unspecified atom stereocenters. The van der Waals surface area contributed by atoms with Crippen molar-refractivity contribution in [1.82, 2.24) is 4.98 Å². The second-order valence-electron chi connectivity index (χ2n) is 4.04. The van der Waals surface area contributed by atoms with Gasteiger partial charge in [0.1, 0.15) is 10.7 Å². The Labute approximate surface area is 116 Å². The zero-order valence-electron chi connectivity index (χ0n) is 10.1. The highest BCUT2D eigenvalue weighted by Crippen LogP contribution is 2.25. The lowest BCUT2D eigenvalue weighted by atomic mass is 10.3. The number of nitrogens with one attached hydrogen (secondary N) is 1. The van der Waals surface area contributed by atoms with Crippen molar-refractivity contribution >= 4 is 33.1 Å². The van der Waals surface area contributed by atoms with Gasteiger partial charge in [-0.3, -0.25) is 0 Å². The molecule has 0 aliphatic rings. The van der Waals surface area contributed by atoms with Gasteiger partial charge in [-0.1, -0.05) is 17.7 Å². The number of aromatic nitrogens is 1. The van der Waals surface area contributed by atoms with Gasteiger partial charge in [0.2, 0.25) is 10.0 Å². The number of nitrogens with zero attached hydrogens (tertiary/aromatic N) is 1. The minimum Gasteiger partial charge on any atom is -0.340 e. The number of halogens is 1. The number of anilines is 2. The first-order valence-corrected chi connectivity index (χ1v) is 7.31. The summed E-state index contributed by atoms with van der Waals surface area (Å²) in [5.41, 5.74) is 1.58. The molecule has 0 fully saturated rings. The van der Waals surface area contributed by atoms with Crippen LogP contribution in [0, 0.1) is 6.92 Å². The van der Waals surface area contributed by atoms with E-state index in [1.54, 1.807) is 18.3 Å². The maximum Gasteiger partial charge on any atom is 0.239 e. The molecule has 0 bridgehead atoms. The number of nitrogens with two attached hydrogens (primary N) is 1. The summed E-state index contributed by atoms with van der Waals surface area (Å²) in [6, 6.07) is 8.18. The zero-order valence-corrected chi connectivity index (χ0v) is 11.7. The zero-order chi connectivity index (χ0) is 14.0. The second kappa shape index (κ2) is 5.16. The van der Waals surface area contributed by atoms with Crippen LogP contribution < -0.4 is 10.5 Å². The van der Waals surface area contributed by atoms with Crippen LogP contribution >= 0.6 is 11.6 Å². The van der Waals surface area contributed by atoms with Gasteiger partial charge < -0.3 is 5.32 Å². The molecule has 0 spiro atoms. The number of hydrogen-bond donors (Lipinski definition) is 2. The predicted molar refractivity (Wildman–Crippen MR) is 75.1 cm³/mol. The third kappa shape index (κ3) is 3.44. The third-order valence-electron chi connectivity index (χ3n) is 2.42. The molecule has 0 amide bonds. The summed E-state index contributed by atoms with van der Waals surface area (Å²) < 4.78 is 22.7. The van der Waals surface area contributed by atoms with Crippen LogP contribution in [0.25, 0.3) is 0 Å². The Balaban J connectivity index is 2.34. The molecule has 19 heavy (non-hydrogen) atoms. The summed E-state index contributed by atoms with van der Waals surface area (Å²) >= 11 is 5.80. The topological polar surface area (TPSA) is 85.1 Å². The van der Waals surface area contributed by atoms with E-state index in [0.29, 0.717) is 11.5 Å². The lowest BCUT2D eigenvalue weighted by Gasteiger charge is -2.08. The van der Waals surface area contributed by atoms with Crippen molar-refractivity contribution in [2.45, 2.75) is 11.8 Å². The van der Waals surface area contributed by atoms with Crippen LogP contribution in [0.3, 0.4) is 0 Å². The average Bonchev–Trinajstić information content (AvgIpc) is 2.33. The van der Waals surface area contributed by atoms with Crippen LogP contribution in [0.4, 0.5) is 11.5 Å². The Kier molecular flexibility index (Phi) is 3.75. The van der Waals surface area contributed by atoms with Crippen LogP contribution in [0.5, 0.6) is 0 Å². The van der Waals surface area contributed by atoms with Gasteiger partial charge in [0.25, 0.3) is 0 Å². The summed E-state index contributed by atoms with van der Waals surface area (Å²) in [7, 11) is -3.85. The molecule has 1 heterocycles. The summed E-state index contributed by atoms with van der Waals surface area (Å²) in [4.78, 5) is 4.04. The maximum atomic E-state index is 11.4.